The van der Waals surface area contributed by atoms with Crippen molar-refractivity contribution in [3.8, 4) is 11.3 Å². The fourth-order valence-corrected chi connectivity index (χ4v) is 2.21. The molecule has 1 N–H and O–H groups in total. The van der Waals surface area contributed by atoms with Gasteiger partial charge < -0.3 is 5.11 Å². The highest BCUT2D eigenvalue weighted by Crippen LogP contribution is 2.24. The predicted octanol–water partition coefficient (Wildman–Crippen LogP) is 2.33. The second-order valence-electron chi connectivity index (χ2n) is 4.65. The minimum atomic E-state index is -0.897. The lowest BCUT2D eigenvalue weighted by Crippen LogP contribution is -2.06. The third kappa shape index (κ3) is 2.14. The zero-order valence-corrected chi connectivity index (χ0v) is 10.9. The summed E-state index contributed by atoms with van der Waals surface area (Å²) in [5, 5.41) is 13.4. The van der Waals surface area contributed by atoms with Gasteiger partial charge in [0.15, 0.2) is 5.65 Å². The number of benzene rings is 1. The highest BCUT2D eigenvalue weighted by atomic mass is 16.4. The van der Waals surface area contributed by atoms with Crippen molar-refractivity contribution in [3.63, 3.8) is 0 Å². The fourth-order valence-electron chi connectivity index (χ4n) is 2.21. The third-order valence-electron chi connectivity index (χ3n) is 3.07. The SMILES string of the molecule is Cc1cnn2c(CC(=O)O)c(-c3ccccc3)nc2c1. The van der Waals surface area contributed by atoms with Gasteiger partial charge in [0, 0.05) is 5.56 Å². The Morgan fingerprint density at radius 1 is 1.30 bits per heavy atom. The Bertz CT molecular complexity index is 778. The molecular weight excluding hydrogens is 254 g/mol. The molecule has 0 amide bonds. The minimum absolute atomic E-state index is 0.110. The number of aliphatic carboxylic acids is 1. The van der Waals surface area contributed by atoms with Gasteiger partial charge in [-0.25, -0.2) is 9.50 Å². The van der Waals surface area contributed by atoms with Crippen LogP contribution in [0.3, 0.4) is 0 Å². The van der Waals surface area contributed by atoms with Gasteiger partial charge in [0.05, 0.1) is 24.0 Å². The largest absolute Gasteiger partial charge is 0.481 e. The van der Waals surface area contributed by atoms with Crippen LogP contribution < -0.4 is 0 Å². The predicted molar refractivity (Wildman–Crippen MR) is 74.5 cm³/mol. The van der Waals surface area contributed by atoms with E-state index in [9.17, 15) is 4.79 Å². The lowest BCUT2D eigenvalue weighted by molar-refractivity contribution is -0.136. The average molecular weight is 267 g/mol. The summed E-state index contributed by atoms with van der Waals surface area (Å²) in [6.45, 7) is 1.93. The number of hydrogen-bond donors (Lipinski definition) is 1. The van der Waals surface area contributed by atoms with E-state index in [4.69, 9.17) is 5.11 Å². The molecule has 0 atom stereocenters. The molecule has 0 saturated heterocycles. The Hall–Kier alpha value is -2.69. The minimum Gasteiger partial charge on any atom is -0.481 e. The second kappa shape index (κ2) is 4.77. The van der Waals surface area contributed by atoms with Gasteiger partial charge in [-0.3, -0.25) is 4.79 Å². The van der Waals surface area contributed by atoms with Crippen LogP contribution in [-0.2, 0) is 11.2 Å². The summed E-state index contributed by atoms with van der Waals surface area (Å²) >= 11 is 0. The van der Waals surface area contributed by atoms with E-state index in [-0.39, 0.29) is 6.42 Å². The molecular formula is C15H13N3O2. The molecule has 3 aromatic rings. The first-order valence-corrected chi connectivity index (χ1v) is 6.26. The summed E-state index contributed by atoms with van der Waals surface area (Å²) in [6, 6.07) is 11.5. The number of nitrogens with zero attached hydrogens (tertiary/aromatic N) is 3. The number of rotatable bonds is 3. The highest BCUT2D eigenvalue weighted by Gasteiger charge is 2.17. The van der Waals surface area contributed by atoms with Crippen LogP contribution >= 0.6 is 0 Å². The summed E-state index contributed by atoms with van der Waals surface area (Å²) in [4.78, 5) is 15.6. The summed E-state index contributed by atoms with van der Waals surface area (Å²) in [7, 11) is 0. The lowest BCUT2D eigenvalue weighted by atomic mass is 10.1. The Morgan fingerprint density at radius 3 is 2.75 bits per heavy atom. The number of carboxylic acid groups (broad SMARTS) is 1. The maximum Gasteiger partial charge on any atom is 0.309 e. The fraction of sp³-hybridized carbons (Fsp3) is 0.133. The quantitative estimate of drug-likeness (QED) is 0.790. The molecule has 0 aliphatic rings. The lowest BCUT2D eigenvalue weighted by Gasteiger charge is -2.01. The van der Waals surface area contributed by atoms with Gasteiger partial charge in [-0.15, -0.1) is 0 Å². The van der Waals surface area contributed by atoms with Crippen molar-refractivity contribution in [1.82, 2.24) is 14.6 Å². The number of fused-ring (bicyclic) bond motifs is 1. The first-order valence-electron chi connectivity index (χ1n) is 6.26. The zero-order chi connectivity index (χ0) is 14.1. The molecule has 2 heterocycles. The van der Waals surface area contributed by atoms with E-state index in [0.717, 1.165) is 11.1 Å². The number of imidazole rings is 1. The van der Waals surface area contributed by atoms with Crippen molar-refractivity contribution in [2.45, 2.75) is 13.3 Å². The van der Waals surface area contributed by atoms with Crippen molar-refractivity contribution < 1.29 is 9.90 Å². The van der Waals surface area contributed by atoms with Crippen LogP contribution in [-0.4, -0.2) is 25.7 Å². The Kier molecular flexibility index (Phi) is 2.95. The van der Waals surface area contributed by atoms with Gasteiger partial charge >= 0.3 is 5.97 Å². The average Bonchev–Trinajstić information content (AvgIpc) is 2.77. The van der Waals surface area contributed by atoms with E-state index in [1.807, 2.05) is 43.3 Å². The molecule has 0 spiro atoms. The number of carboxylic acids is 1. The van der Waals surface area contributed by atoms with E-state index >= 15 is 0 Å². The molecule has 20 heavy (non-hydrogen) atoms. The highest BCUT2D eigenvalue weighted by molar-refractivity contribution is 5.75. The van der Waals surface area contributed by atoms with Crippen molar-refractivity contribution >= 4 is 11.6 Å². The number of aryl methyl sites for hydroxylation is 1. The van der Waals surface area contributed by atoms with Crippen LogP contribution in [0.4, 0.5) is 0 Å². The molecule has 0 unspecified atom stereocenters. The van der Waals surface area contributed by atoms with E-state index in [1.165, 1.54) is 0 Å². The molecule has 5 nitrogen and oxygen atoms in total. The van der Waals surface area contributed by atoms with E-state index < -0.39 is 5.97 Å². The molecule has 2 aromatic heterocycles. The van der Waals surface area contributed by atoms with Gasteiger partial charge in [-0.05, 0) is 18.6 Å². The van der Waals surface area contributed by atoms with Crippen LogP contribution in [0, 0.1) is 6.92 Å². The van der Waals surface area contributed by atoms with Gasteiger partial charge in [0.1, 0.15) is 0 Å². The first-order chi connectivity index (χ1) is 9.65. The number of aromatic nitrogens is 3. The van der Waals surface area contributed by atoms with Gasteiger partial charge in [-0.1, -0.05) is 30.3 Å². The molecule has 0 fully saturated rings. The van der Waals surface area contributed by atoms with Crippen LogP contribution in [0.5, 0.6) is 0 Å². The van der Waals surface area contributed by atoms with Crippen LogP contribution in [0.2, 0.25) is 0 Å². The van der Waals surface area contributed by atoms with E-state index in [2.05, 4.69) is 10.1 Å². The summed E-state index contributed by atoms with van der Waals surface area (Å²) in [6.07, 6.45) is 1.59. The molecule has 5 heteroatoms. The molecule has 100 valence electrons. The molecule has 0 aliphatic heterocycles. The molecule has 0 aliphatic carbocycles. The normalized spacial score (nSPS) is 10.8. The van der Waals surface area contributed by atoms with E-state index in [0.29, 0.717) is 17.0 Å². The standard InChI is InChI=1S/C15H13N3O2/c1-10-7-13-17-15(11-5-3-2-4-6-11)12(8-14(19)20)18(13)16-9-10/h2-7,9H,8H2,1H3,(H,19,20). The smallest absolute Gasteiger partial charge is 0.309 e. The maximum atomic E-state index is 11.1. The van der Waals surface area contributed by atoms with E-state index in [1.54, 1.807) is 10.7 Å². The topological polar surface area (TPSA) is 67.5 Å². The maximum absolute atomic E-state index is 11.1. The van der Waals surface area contributed by atoms with Crippen molar-refractivity contribution in [2.24, 2.45) is 0 Å². The zero-order valence-electron chi connectivity index (χ0n) is 10.9. The van der Waals surface area contributed by atoms with Crippen LogP contribution in [0.1, 0.15) is 11.3 Å². The summed E-state index contributed by atoms with van der Waals surface area (Å²) in [5.41, 5.74) is 3.82. The monoisotopic (exact) mass is 267 g/mol. The first kappa shape index (κ1) is 12.3. The number of carbonyl (C=O) groups is 1. The van der Waals surface area contributed by atoms with Crippen LogP contribution in [0.15, 0.2) is 42.6 Å². The Morgan fingerprint density at radius 2 is 2.05 bits per heavy atom. The Balaban J connectivity index is 2.27. The molecule has 1 aromatic carbocycles. The summed E-state index contributed by atoms with van der Waals surface area (Å²) < 4.78 is 1.60. The molecule has 0 bridgehead atoms. The third-order valence-corrected chi connectivity index (χ3v) is 3.07. The van der Waals surface area contributed by atoms with Crippen molar-refractivity contribution in [2.75, 3.05) is 0 Å². The number of hydrogen-bond acceptors (Lipinski definition) is 3. The summed E-state index contributed by atoms with van der Waals surface area (Å²) in [5.74, 6) is -0.897. The van der Waals surface area contributed by atoms with Gasteiger partial charge in [0.2, 0.25) is 0 Å². The van der Waals surface area contributed by atoms with Crippen LogP contribution in [0.25, 0.3) is 16.9 Å². The van der Waals surface area contributed by atoms with Crippen molar-refractivity contribution in [1.29, 1.82) is 0 Å². The molecule has 0 saturated carbocycles. The molecule has 3 rings (SSSR count). The van der Waals surface area contributed by atoms with Crippen molar-refractivity contribution in [3.05, 3.63) is 53.9 Å². The second-order valence-corrected chi connectivity index (χ2v) is 4.65. The Labute approximate surface area is 115 Å². The van der Waals surface area contributed by atoms with Gasteiger partial charge in [-0.2, -0.15) is 5.10 Å². The van der Waals surface area contributed by atoms with Gasteiger partial charge in [0.25, 0.3) is 0 Å². The molecule has 0 radical (unpaired) electrons.